The minimum absolute atomic E-state index is 0.233. The molecule has 0 aliphatic heterocycles. The quantitative estimate of drug-likeness (QED) is 0.523. The normalized spacial score (nSPS) is 11.1. The van der Waals surface area contributed by atoms with Gasteiger partial charge in [0.15, 0.2) is 0 Å². The van der Waals surface area contributed by atoms with Crippen molar-refractivity contribution in [1.29, 1.82) is 0 Å². The van der Waals surface area contributed by atoms with Gasteiger partial charge in [0.1, 0.15) is 0 Å². The van der Waals surface area contributed by atoms with Gasteiger partial charge < -0.3 is 5.32 Å². The Morgan fingerprint density at radius 1 is 1.17 bits per heavy atom. The summed E-state index contributed by atoms with van der Waals surface area (Å²) >= 11 is 5.04. The first-order valence-electron chi connectivity index (χ1n) is 7.08. The summed E-state index contributed by atoms with van der Waals surface area (Å²) in [5.74, 6) is 0.512. The monoisotopic (exact) mass is 428 g/mol. The van der Waals surface area contributed by atoms with E-state index in [1.54, 1.807) is 30.0 Å². The van der Waals surface area contributed by atoms with E-state index < -0.39 is 10.0 Å². The number of hydrogen-bond acceptors (Lipinski definition) is 4. The highest BCUT2D eigenvalue weighted by Gasteiger charge is 2.08. The maximum atomic E-state index is 12.1. The number of rotatable bonds is 7. The predicted molar refractivity (Wildman–Crippen MR) is 102 cm³/mol. The number of hydrogen-bond donors (Lipinski definition) is 2. The van der Waals surface area contributed by atoms with Gasteiger partial charge >= 0.3 is 0 Å². The van der Waals surface area contributed by atoms with E-state index in [0.29, 0.717) is 17.8 Å². The molecule has 0 fully saturated rings. The van der Waals surface area contributed by atoms with Gasteiger partial charge in [-0.3, -0.25) is 9.52 Å². The number of halogens is 1. The Hall–Kier alpha value is -1.51. The highest BCUT2D eigenvalue weighted by atomic mass is 79.9. The molecule has 2 N–H and O–H groups in total. The van der Waals surface area contributed by atoms with Gasteiger partial charge in [0.2, 0.25) is 10.0 Å². The largest absolute Gasteiger partial charge is 0.351 e. The standard InChI is InChI=1S/C16H17BrN2O3S2/c1-24(21,22)19-14-4-2-3-12(11-14)16(20)18-9-10-23-15-7-5-13(17)6-8-15/h2-8,11,19H,9-10H2,1H3,(H,18,20). The lowest BCUT2D eigenvalue weighted by Crippen LogP contribution is -2.25. The molecule has 5 nitrogen and oxygen atoms in total. The Kier molecular flexibility index (Phi) is 6.70. The molecule has 2 aromatic rings. The molecule has 0 radical (unpaired) electrons. The van der Waals surface area contributed by atoms with Crippen molar-refractivity contribution in [3.8, 4) is 0 Å². The summed E-state index contributed by atoms with van der Waals surface area (Å²) in [7, 11) is -3.36. The van der Waals surface area contributed by atoms with Crippen LogP contribution in [0.15, 0.2) is 57.9 Å². The zero-order valence-corrected chi connectivity index (χ0v) is 16.2. The van der Waals surface area contributed by atoms with Crippen molar-refractivity contribution in [2.45, 2.75) is 4.90 Å². The Labute approximate surface area is 154 Å². The highest BCUT2D eigenvalue weighted by molar-refractivity contribution is 9.10. The van der Waals surface area contributed by atoms with Crippen LogP contribution in [0.5, 0.6) is 0 Å². The first-order valence-corrected chi connectivity index (χ1v) is 10.7. The van der Waals surface area contributed by atoms with Crippen molar-refractivity contribution in [3.05, 3.63) is 58.6 Å². The van der Waals surface area contributed by atoms with Gasteiger partial charge in [0, 0.05) is 32.9 Å². The molecule has 0 saturated heterocycles. The smallest absolute Gasteiger partial charge is 0.251 e. The minimum atomic E-state index is -3.36. The van der Waals surface area contributed by atoms with Gasteiger partial charge in [0.25, 0.3) is 5.91 Å². The molecular formula is C16H17BrN2O3S2. The van der Waals surface area contributed by atoms with Crippen molar-refractivity contribution in [2.75, 3.05) is 23.3 Å². The van der Waals surface area contributed by atoms with E-state index in [1.807, 2.05) is 24.3 Å². The summed E-state index contributed by atoms with van der Waals surface area (Å²) in [4.78, 5) is 13.2. The van der Waals surface area contributed by atoms with Crippen LogP contribution in [0, 0.1) is 0 Å². The number of benzene rings is 2. The zero-order valence-electron chi connectivity index (χ0n) is 13.0. The van der Waals surface area contributed by atoms with E-state index in [4.69, 9.17) is 0 Å². The van der Waals surface area contributed by atoms with Gasteiger partial charge in [0.05, 0.1) is 6.26 Å². The molecule has 0 unspecified atom stereocenters. The van der Waals surface area contributed by atoms with E-state index in [2.05, 4.69) is 26.0 Å². The van der Waals surface area contributed by atoms with E-state index in [1.165, 1.54) is 6.07 Å². The maximum absolute atomic E-state index is 12.1. The van der Waals surface area contributed by atoms with E-state index >= 15 is 0 Å². The fourth-order valence-electron chi connectivity index (χ4n) is 1.90. The number of nitrogens with one attached hydrogen (secondary N) is 2. The SMILES string of the molecule is CS(=O)(=O)Nc1cccc(C(=O)NCCSc2ccc(Br)cc2)c1. The topological polar surface area (TPSA) is 75.3 Å². The molecule has 24 heavy (non-hydrogen) atoms. The van der Waals surface area contributed by atoms with Gasteiger partial charge in [-0.1, -0.05) is 22.0 Å². The van der Waals surface area contributed by atoms with Crippen molar-refractivity contribution in [2.24, 2.45) is 0 Å². The summed E-state index contributed by atoms with van der Waals surface area (Å²) in [6.45, 7) is 0.517. The van der Waals surface area contributed by atoms with Crippen LogP contribution in [0.3, 0.4) is 0 Å². The third-order valence-electron chi connectivity index (χ3n) is 2.90. The van der Waals surface area contributed by atoms with Crippen LogP contribution in [0.25, 0.3) is 0 Å². The molecule has 0 aliphatic carbocycles. The summed E-state index contributed by atoms with van der Waals surface area (Å²) in [6.07, 6.45) is 1.07. The fourth-order valence-corrected chi connectivity index (χ4v) is 3.49. The van der Waals surface area contributed by atoms with E-state index in [0.717, 1.165) is 21.4 Å². The first-order chi connectivity index (χ1) is 11.3. The summed E-state index contributed by atoms with van der Waals surface area (Å²) in [5.41, 5.74) is 0.784. The molecule has 0 heterocycles. The van der Waals surface area contributed by atoms with Gasteiger partial charge in [-0.25, -0.2) is 8.42 Å². The molecule has 0 aromatic heterocycles. The van der Waals surface area contributed by atoms with Crippen LogP contribution in [0.4, 0.5) is 5.69 Å². The second-order valence-electron chi connectivity index (χ2n) is 5.01. The fraction of sp³-hybridized carbons (Fsp3) is 0.188. The molecule has 2 rings (SSSR count). The Morgan fingerprint density at radius 2 is 1.88 bits per heavy atom. The summed E-state index contributed by atoms with van der Waals surface area (Å²) in [5, 5.41) is 2.82. The molecule has 0 bridgehead atoms. The van der Waals surface area contributed by atoms with Crippen LogP contribution in [-0.4, -0.2) is 32.9 Å². The van der Waals surface area contributed by atoms with Gasteiger partial charge in [-0.05, 0) is 42.5 Å². The van der Waals surface area contributed by atoms with Crippen LogP contribution < -0.4 is 10.0 Å². The van der Waals surface area contributed by atoms with E-state index in [-0.39, 0.29) is 5.91 Å². The minimum Gasteiger partial charge on any atom is -0.351 e. The lowest BCUT2D eigenvalue weighted by Gasteiger charge is -2.08. The first kappa shape index (κ1) is 18.8. The Balaban J connectivity index is 1.84. The van der Waals surface area contributed by atoms with Crippen LogP contribution >= 0.6 is 27.7 Å². The van der Waals surface area contributed by atoms with Crippen molar-refractivity contribution in [1.82, 2.24) is 5.32 Å². The van der Waals surface area contributed by atoms with Crippen molar-refractivity contribution in [3.63, 3.8) is 0 Å². The molecule has 0 aliphatic rings. The molecule has 0 spiro atoms. The predicted octanol–water partition coefficient (Wildman–Crippen LogP) is 3.34. The average molecular weight is 429 g/mol. The Bertz CT molecular complexity index is 808. The van der Waals surface area contributed by atoms with Crippen LogP contribution in [0.2, 0.25) is 0 Å². The number of amides is 1. The number of thioether (sulfide) groups is 1. The highest BCUT2D eigenvalue weighted by Crippen LogP contribution is 2.20. The molecule has 2 aromatic carbocycles. The Morgan fingerprint density at radius 3 is 2.54 bits per heavy atom. The second-order valence-corrected chi connectivity index (χ2v) is 8.85. The van der Waals surface area contributed by atoms with Gasteiger partial charge in [-0.15, -0.1) is 11.8 Å². The van der Waals surface area contributed by atoms with Crippen LogP contribution in [0.1, 0.15) is 10.4 Å². The number of carbonyl (C=O) groups is 1. The molecule has 0 atom stereocenters. The number of carbonyl (C=O) groups excluding carboxylic acids is 1. The third kappa shape index (κ3) is 6.54. The molecule has 0 saturated carbocycles. The third-order valence-corrected chi connectivity index (χ3v) is 5.05. The molecule has 1 amide bonds. The average Bonchev–Trinajstić information content (AvgIpc) is 2.51. The zero-order chi connectivity index (χ0) is 17.6. The summed E-state index contributed by atoms with van der Waals surface area (Å²) < 4.78 is 25.8. The lowest BCUT2D eigenvalue weighted by atomic mass is 10.2. The number of anilines is 1. The van der Waals surface area contributed by atoms with E-state index in [9.17, 15) is 13.2 Å². The summed E-state index contributed by atoms with van der Waals surface area (Å²) in [6, 6.07) is 14.4. The van der Waals surface area contributed by atoms with Crippen LogP contribution in [-0.2, 0) is 10.0 Å². The number of sulfonamides is 1. The molecule has 8 heteroatoms. The van der Waals surface area contributed by atoms with Crippen molar-refractivity contribution >= 4 is 49.3 Å². The maximum Gasteiger partial charge on any atom is 0.251 e. The van der Waals surface area contributed by atoms with Crippen molar-refractivity contribution < 1.29 is 13.2 Å². The molecular weight excluding hydrogens is 412 g/mol. The lowest BCUT2D eigenvalue weighted by molar-refractivity contribution is 0.0956. The second kappa shape index (κ2) is 8.55. The van der Waals surface area contributed by atoms with Gasteiger partial charge in [-0.2, -0.15) is 0 Å². The molecule has 128 valence electrons.